The molecule has 0 spiro atoms. The molecule has 1 fully saturated rings. The molecule has 1 unspecified atom stereocenters. The largest absolute Gasteiger partial charge is 0.324 e. The molecule has 4 heteroatoms. The van der Waals surface area contributed by atoms with Crippen LogP contribution in [0.25, 0.3) is 0 Å². The van der Waals surface area contributed by atoms with E-state index in [1.807, 2.05) is 13.8 Å². The lowest BCUT2D eigenvalue weighted by molar-refractivity contribution is -0.385. The first-order valence-corrected chi connectivity index (χ1v) is 7.00. The van der Waals surface area contributed by atoms with E-state index >= 15 is 0 Å². The van der Waals surface area contributed by atoms with Crippen LogP contribution in [0.4, 0.5) is 5.69 Å². The molecule has 0 saturated heterocycles. The van der Waals surface area contributed by atoms with Crippen molar-refractivity contribution in [1.82, 2.24) is 0 Å². The van der Waals surface area contributed by atoms with Gasteiger partial charge in [0.05, 0.1) is 4.92 Å². The van der Waals surface area contributed by atoms with Gasteiger partial charge < -0.3 is 5.73 Å². The number of non-ortho nitro benzene ring substituents is 1. The van der Waals surface area contributed by atoms with Gasteiger partial charge in [0.1, 0.15) is 0 Å². The zero-order valence-electron chi connectivity index (χ0n) is 11.7. The fourth-order valence-electron chi connectivity index (χ4n) is 3.09. The monoisotopic (exact) mass is 262 g/mol. The highest BCUT2D eigenvalue weighted by Crippen LogP contribution is 2.34. The van der Waals surface area contributed by atoms with Crippen LogP contribution in [0.3, 0.4) is 0 Å². The topological polar surface area (TPSA) is 69.2 Å². The summed E-state index contributed by atoms with van der Waals surface area (Å²) in [5.41, 5.74) is 9.43. The van der Waals surface area contributed by atoms with E-state index in [1.54, 1.807) is 12.1 Å². The summed E-state index contributed by atoms with van der Waals surface area (Å²) in [6, 6.07) is 3.20. The van der Waals surface area contributed by atoms with Crippen LogP contribution in [-0.4, -0.2) is 4.92 Å². The summed E-state index contributed by atoms with van der Waals surface area (Å²) in [6.45, 7) is 3.91. The van der Waals surface area contributed by atoms with E-state index in [-0.39, 0.29) is 16.7 Å². The van der Waals surface area contributed by atoms with E-state index in [4.69, 9.17) is 5.73 Å². The first-order valence-electron chi connectivity index (χ1n) is 7.00. The lowest BCUT2D eigenvalue weighted by Crippen LogP contribution is -2.16. The minimum atomic E-state index is -0.335. The Morgan fingerprint density at radius 1 is 1.37 bits per heavy atom. The molecule has 0 heterocycles. The molecule has 0 aromatic heterocycles. The molecule has 2 rings (SSSR count). The molecule has 1 saturated carbocycles. The van der Waals surface area contributed by atoms with E-state index in [0.717, 1.165) is 23.1 Å². The van der Waals surface area contributed by atoms with Crippen molar-refractivity contribution in [2.45, 2.75) is 52.0 Å². The predicted molar refractivity (Wildman–Crippen MR) is 76.1 cm³/mol. The number of aryl methyl sites for hydroxylation is 1. The molecule has 0 aliphatic heterocycles. The van der Waals surface area contributed by atoms with Gasteiger partial charge in [-0.3, -0.25) is 10.1 Å². The van der Waals surface area contributed by atoms with Crippen LogP contribution in [0.2, 0.25) is 0 Å². The van der Waals surface area contributed by atoms with Crippen molar-refractivity contribution in [2.75, 3.05) is 0 Å². The first kappa shape index (κ1) is 14.0. The second kappa shape index (κ2) is 5.70. The lowest BCUT2D eigenvalue weighted by atomic mass is 9.90. The summed E-state index contributed by atoms with van der Waals surface area (Å²) in [5, 5.41) is 10.9. The molecule has 104 valence electrons. The molecule has 1 aromatic carbocycles. The SMILES string of the molecule is Cc1cc([N+](=O)[O-])cc(C(N)CC2CCCC2)c1C. The van der Waals surface area contributed by atoms with Gasteiger partial charge >= 0.3 is 0 Å². The number of nitrogens with zero attached hydrogens (tertiary/aromatic N) is 1. The summed E-state index contributed by atoms with van der Waals surface area (Å²) in [7, 11) is 0. The van der Waals surface area contributed by atoms with Crippen LogP contribution in [0.5, 0.6) is 0 Å². The van der Waals surface area contributed by atoms with Crippen molar-refractivity contribution in [1.29, 1.82) is 0 Å². The maximum atomic E-state index is 10.9. The van der Waals surface area contributed by atoms with E-state index in [0.29, 0.717) is 5.92 Å². The summed E-state index contributed by atoms with van der Waals surface area (Å²) in [6.07, 6.45) is 6.04. The minimum Gasteiger partial charge on any atom is -0.324 e. The molecule has 4 nitrogen and oxygen atoms in total. The second-order valence-electron chi connectivity index (χ2n) is 5.73. The Bertz CT molecular complexity index is 479. The van der Waals surface area contributed by atoms with Crippen molar-refractivity contribution in [3.63, 3.8) is 0 Å². The molecule has 0 radical (unpaired) electrons. The van der Waals surface area contributed by atoms with Gasteiger partial charge in [-0.15, -0.1) is 0 Å². The number of nitro benzene ring substituents is 1. The van der Waals surface area contributed by atoms with Crippen molar-refractivity contribution < 1.29 is 4.92 Å². The van der Waals surface area contributed by atoms with Crippen LogP contribution in [0, 0.1) is 29.9 Å². The Labute approximate surface area is 114 Å². The van der Waals surface area contributed by atoms with Crippen LogP contribution in [0.15, 0.2) is 12.1 Å². The number of rotatable bonds is 4. The zero-order valence-corrected chi connectivity index (χ0v) is 11.7. The van der Waals surface area contributed by atoms with Gasteiger partial charge in [-0.1, -0.05) is 25.7 Å². The molecule has 1 atom stereocenters. The molecular formula is C15H22N2O2. The van der Waals surface area contributed by atoms with Gasteiger partial charge in [-0.2, -0.15) is 0 Å². The summed E-state index contributed by atoms with van der Waals surface area (Å²) in [4.78, 5) is 10.6. The highest BCUT2D eigenvalue weighted by Gasteiger charge is 2.22. The molecule has 1 aromatic rings. The number of nitrogens with two attached hydrogens (primary N) is 1. The van der Waals surface area contributed by atoms with E-state index < -0.39 is 0 Å². The van der Waals surface area contributed by atoms with E-state index in [1.165, 1.54) is 25.7 Å². The third kappa shape index (κ3) is 3.13. The van der Waals surface area contributed by atoms with Crippen LogP contribution >= 0.6 is 0 Å². The average Bonchev–Trinajstić information content (AvgIpc) is 2.84. The fourth-order valence-corrected chi connectivity index (χ4v) is 3.09. The highest BCUT2D eigenvalue weighted by molar-refractivity contribution is 5.46. The summed E-state index contributed by atoms with van der Waals surface area (Å²) >= 11 is 0. The van der Waals surface area contributed by atoms with Gasteiger partial charge in [0.2, 0.25) is 0 Å². The van der Waals surface area contributed by atoms with Crippen molar-refractivity contribution >= 4 is 5.69 Å². The Kier molecular flexibility index (Phi) is 4.20. The molecule has 0 bridgehead atoms. The van der Waals surface area contributed by atoms with Crippen molar-refractivity contribution in [2.24, 2.45) is 11.7 Å². The zero-order chi connectivity index (χ0) is 14.0. The van der Waals surface area contributed by atoms with E-state index in [2.05, 4.69) is 0 Å². The fraction of sp³-hybridized carbons (Fsp3) is 0.600. The number of hydrogen-bond acceptors (Lipinski definition) is 3. The van der Waals surface area contributed by atoms with Crippen LogP contribution in [0.1, 0.15) is 54.8 Å². The predicted octanol–water partition coefficient (Wildman–Crippen LogP) is 3.79. The third-order valence-corrected chi connectivity index (χ3v) is 4.36. The summed E-state index contributed by atoms with van der Waals surface area (Å²) in [5.74, 6) is 0.689. The number of benzene rings is 1. The molecule has 2 N–H and O–H groups in total. The van der Waals surface area contributed by atoms with Gasteiger partial charge in [-0.05, 0) is 42.9 Å². The third-order valence-electron chi connectivity index (χ3n) is 4.36. The first-order chi connectivity index (χ1) is 8.99. The van der Waals surface area contributed by atoms with Gasteiger partial charge in [0, 0.05) is 18.2 Å². The minimum absolute atomic E-state index is 0.0818. The quantitative estimate of drug-likeness (QED) is 0.663. The average molecular weight is 262 g/mol. The van der Waals surface area contributed by atoms with Gasteiger partial charge in [0.25, 0.3) is 5.69 Å². The maximum absolute atomic E-state index is 10.9. The van der Waals surface area contributed by atoms with Crippen molar-refractivity contribution in [3.8, 4) is 0 Å². The number of hydrogen-bond donors (Lipinski definition) is 1. The molecule has 19 heavy (non-hydrogen) atoms. The Morgan fingerprint density at radius 3 is 2.58 bits per heavy atom. The Hall–Kier alpha value is -1.42. The molecule has 1 aliphatic rings. The highest BCUT2D eigenvalue weighted by atomic mass is 16.6. The van der Waals surface area contributed by atoms with Crippen LogP contribution < -0.4 is 5.73 Å². The Balaban J connectivity index is 2.23. The molecule has 1 aliphatic carbocycles. The summed E-state index contributed by atoms with van der Waals surface area (Å²) < 4.78 is 0. The standard InChI is InChI=1S/C15H22N2O2/c1-10-7-13(17(18)19)9-14(11(10)2)15(16)8-12-5-3-4-6-12/h7,9,12,15H,3-6,8,16H2,1-2H3. The Morgan fingerprint density at radius 2 is 2.00 bits per heavy atom. The number of nitro groups is 1. The smallest absolute Gasteiger partial charge is 0.270 e. The normalized spacial score (nSPS) is 17.6. The lowest BCUT2D eigenvalue weighted by Gasteiger charge is -2.19. The van der Waals surface area contributed by atoms with Crippen molar-refractivity contribution in [3.05, 3.63) is 38.9 Å². The van der Waals surface area contributed by atoms with Gasteiger partial charge in [-0.25, -0.2) is 0 Å². The molecule has 0 amide bonds. The van der Waals surface area contributed by atoms with Gasteiger partial charge in [0.15, 0.2) is 0 Å². The second-order valence-corrected chi connectivity index (χ2v) is 5.73. The van der Waals surface area contributed by atoms with E-state index in [9.17, 15) is 10.1 Å². The molecular weight excluding hydrogens is 240 g/mol. The van der Waals surface area contributed by atoms with Crippen LogP contribution in [-0.2, 0) is 0 Å². The maximum Gasteiger partial charge on any atom is 0.270 e.